The van der Waals surface area contributed by atoms with Crippen molar-refractivity contribution in [1.29, 1.82) is 0 Å². The molecule has 0 aliphatic heterocycles. The van der Waals surface area contributed by atoms with Crippen LogP contribution in [0.5, 0.6) is 0 Å². The third-order valence-electron chi connectivity index (χ3n) is 3.75. The summed E-state index contributed by atoms with van der Waals surface area (Å²) in [6, 6.07) is 4.82. The number of rotatable bonds is 7. The average Bonchev–Trinajstić information content (AvgIpc) is 2.33. The summed E-state index contributed by atoms with van der Waals surface area (Å²) in [7, 11) is 0. The fraction of sp³-hybridized carbons (Fsp3) is 0.625. The van der Waals surface area contributed by atoms with Crippen LogP contribution in [0.2, 0.25) is 0 Å². The van der Waals surface area contributed by atoms with Crippen molar-refractivity contribution in [2.24, 2.45) is 5.73 Å². The summed E-state index contributed by atoms with van der Waals surface area (Å²) < 4.78 is 0. The van der Waals surface area contributed by atoms with Crippen LogP contribution in [0, 0.1) is 20.8 Å². The zero-order valence-corrected chi connectivity index (χ0v) is 12.3. The zero-order chi connectivity index (χ0) is 13.5. The molecule has 2 heteroatoms. The largest absolute Gasteiger partial charge is 0.328 e. The van der Waals surface area contributed by atoms with Gasteiger partial charge in [-0.1, -0.05) is 12.1 Å². The number of nitrogens with two attached hydrogens (primary N) is 1. The first-order valence-corrected chi connectivity index (χ1v) is 7.04. The minimum absolute atomic E-state index is 0.328. The minimum Gasteiger partial charge on any atom is -0.328 e. The minimum atomic E-state index is 0.328. The van der Waals surface area contributed by atoms with Crippen LogP contribution in [0.3, 0.4) is 0 Å². The second-order valence-electron chi connectivity index (χ2n) is 5.41. The quantitative estimate of drug-likeness (QED) is 0.728. The van der Waals surface area contributed by atoms with Crippen LogP contribution in [0.4, 0.5) is 0 Å². The zero-order valence-electron chi connectivity index (χ0n) is 12.3. The van der Waals surface area contributed by atoms with Gasteiger partial charge in [-0.3, -0.25) is 0 Å². The van der Waals surface area contributed by atoms with E-state index in [0.29, 0.717) is 6.04 Å². The molecule has 0 aromatic heterocycles. The van der Waals surface area contributed by atoms with Gasteiger partial charge in [0.2, 0.25) is 0 Å². The first kappa shape index (κ1) is 15.2. The Hall–Kier alpha value is -0.860. The molecule has 0 aliphatic carbocycles. The molecule has 0 amide bonds. The lowest BCUT2D eigenvalue weighted by Gasteiger charge is -2.12. The predicted molar refractivity (Wildman–Crippen MR) is 80.1 cm³/mol. The number of hydrogen-bond acceptors (Lipinski definition) is 2. The molecule has 1 unspecified atom stereocenters. The fourth-order valence-electron chi connectivity index (χ4n) is 2.18. The Bertz CT molecular complexity index is 370. The molecular formula is C16H28N2. The second kappa shape index (κ2) is 7.55. The summed E-state index contributed by atoms with van der Waals surface area (Å²) in [6.07, 6.45) is 3.39. The van der Waals surface area contributed by atoms with Gasteiger partial charge in [-0.05, 0) is 82.3 Å². The van der Waals surface area contributed by atoms with Gasteiger partial charge >= 0.3 is 0 Å². The Morgan fingerprint density at radius 2 is 1.83 bits per heavy atom. The first-order valence-electron chi connectivity index (χ1n) is 7.04. The van der Waals surface area contributed by atoms with E-state index in [9.17, 15) is 0 Å². The topological polar surface area (TPSA) is 38.0 Å². The highest BCUT2D eigenvalue weighted by Crippen LogP contribution is 2.17. The standard InChI is InChI=1S/C16H28N2/c1-12-7-8-16(15(4)14(12)3)9-11-18-10-5-6-13(2)17/h7-8,13,18H,5-6,9-11,17H2,1-4H3. The van der Waals surface area contributed by atoms with Gasteiger partial charge in [0.15, 0.2) is 0 Å². The van der Waals surface area contributed by atoms with Crippen molar-refractivity contribution in [3.63, 3.8) is 0 Å². The summed E-state index contributed by atoms with van der Waals surface area (Å²) in [5.41, 5.74) is 11.5. The summed E-state index contributed by atoms with van der Waals surface area (Å²) in [5, 5.41) is 3.49. The Balaban J connectivity index is 2.30. The van der Waals surface area contributed by atoms with Crippen LogP contribution in [-0.4, -0.2) is 19.1 Å². The summed E-state index contributed by atoms with van der Waals surface area (Å²) in [6.45, 7) is 10.8. The predicted octanol–water partition coefficient (Wildman–Crippen LogP) is 2.87. The normalized spacial score (nSPS) is 12.7. The van der Waals surface area contributed by atoms with Gasteiger partial charge in [0.1, 0.15) is 0 Å². The highest BCUT2D eigenvalue weighted by molar-refractivity contribution is 5.38. The van der Waals surface area contributed by atoms with E-state index < -0.39 is 0 Å². The molecule has 1 rings (SSSR count). The highest BCUT2D eigenvalue weighted by atomic mass is 14.8. The molecule has 0 fully saturated rings. The van der Waals surface area contributed by atoms with Crippen molar-refractivity contribution < 1.29 is 0 Å². The Labute approximate surface area is 112 Å². The molecule has 0 spiro atoms. The van der Waals surface area contributed by atoms with Crippen LogP contribution in [-0.2, 0) is 6.42 Å². The molecule has 0 saturated carbocycles. The van der Waals surface area contributed by atoms with Gasteiger partial charge < -0.3 is 11.1 Å². The maximum atomic E-state index is 5.72. The van der Waals surface area contributed by atoms with Crippen molar-refractivity contribution in [2.75, 3.05) is 13.1 Å². The van der Waals surface area contributed by atoms with Gasteiger partial charge in [-0.15, -0.1) is 0 Å². The number of nitrogens with one attached hydrogen (secondary N) is 1. The van der Waals surface area contributed by atoms with Crippen LogP contribution >= 0.6 is 0 Å². The first-order chi connectivity index (χ1) is 8.52. The summed E-state index contributed by atoms with van der Waals surface area (Å²) in [4.78, 5) is 0. The molecule has 1 aromatic rings. The van der Waals surface area contributed by atoms with E-state index in [1.165, 1.54) is 28.7 Å². The van der Waals surface area contributed by atoms with Crippen LogP contribution in [0.1, 0.15) is 42.0 Å². The van der Waals surface area contributed by atoms with Gasteiger partial charge in [-0.2, -0.15) is 0 Å². The Morgan fingerprint density at radius 3 is 2.50 bits per heavy atom. The van der Waals surface area contributed by atoms with Gasteiger partial charge in [0.25, 0.3) is 0 Å². The molecule has 1 aromatic carbocycles. The molecule has 1 atom stereocenters. The van der Waals surface area contributed by atoms with Gasteiger partial charge in [-0.25, -0.2) is 0 Å². The van der Waals surface area contributed by atoms with Crippen molar-refractivity contribution in [1.82, 2.24) is 5.32 Å². The molecule has 0 heterocycles. The molecule has 0 aliphatic rings. The van der Waals surface area contributed by atoms with E-state index in [0.717, 1.165) is 25.9 Å². The molecular weight excluding hydrogens is 220 g/mol. The fourth-order valence-corrected chi connectivity index (χ4v) is 2.18. The third kappa shape index (κ3) is 4.79. The van der Waals surface area contributed by atoms with Crippen LogP contribution < -0.4 is 11.1 Å². The van der Waals surface area contributed by atoms with E-state index in [1.54, 1.807) is 0 Å². The van der Waals surface area contributed by atoms with E-state index in [1.807, 2.05) is 0 Å². The molecule has 3 N–H and O–H groups in total. The SMILES string of the molecule is Cc1ccc(CCNCCCC(C)N)c(C)c1C. The van der Waals surface area contributed by atoms with Crippen LogP contribution in [0.25, 0.3) is 0 Å². The summed E-state index contributed by atoms with van der Waals surface area (Å²) >= 11 is 0. The van der Waals surface area contributed by atoms with Crippen LogP contribution in [0.15, 0.2) is 12.1 Å². The van der Waals surface area contributed by atoms with E-state index in [4.69, 9.17) is 5.73 Å². The van der Waals surface area contributed by atoms with E-state index in [-0.39, 0.29) is 0 Å². The molecule has 102 valence electrons. The lowest BCUT2D eigenvalue weighted by Crippen LogP contribution is -2.22. The molecule has 0 saturated heterocycles. The van der Waals surface area contributed by atoms with Crippen molar-refractivity contribution >= 4 is 0 Å². The smallest absolute Gasteiger partial charge is 0.00109 e. The molecule has 0 bridgehead atoms. The molecule has 2 nitrogen and oxygen atoms in total. The highest BCUT2D eigenvalue weighted by Gasteiger charge is 2.03. The number of aryl methyl sites for hydroxylation is 1. The molecule has 18 heavy (non-hydrogen) atoms. The maximum absolute atomic E-state index is 5.72. The van der Waals surface area contributed by atoms with E-state index >= 15 is 0 Å². The Kier molecular flexibility index (Phi) is 6.37. The van der Waals surface area contributed by atoms with Crippen molar-refractivity contribution in [3.05, 3.63) is 34.4 Å². The second-order valence-corrected chi connectivity index (χ2v) is 5.41. The van der Waals surface area contributed by atoms with Gasteiger partial charge in [0.05, 0.1) is 0 Å². The average molecular weight is 248 g/mol. The van der Waals surface area contributed by atoms with Crippen molar-refractivity contribution in [3.8, 4) is 0 Å². The molecule has 0 radical (unpaired) electrons. The lowest BCUT2D eigenvalue weighted by atomic mass is 9.97. The third-order valence-corrected chi connectivity index (χ3v) is 3.75. The maximum Gasteiger partial charge on any atom is 0.00109 e. The monoisotopic (exact) mass is 248 g/mol. The van der Waals surface area contributed by atoms with E-state index in [2.05, 4.69) is 45.1 Å². The Morgan fingerprint density at radius 1 is 1.11 bits per heavy atom. The number of hydrogen-bond donors (Lipinski definition) is 2. The lowest BCUT2D eigenvalue weighted by molar-refractivity contribution is 0.575. The van der Waals surface area contributed by atoms with Crippen molar-refractivity contribution in [2.45, 2.75) is 53.0 Å². The number of benzene rings is 1. The van der Waals surface area contributed by atoms with Gasteiger partial charge in [0, 0.05) is 6.04 Å². The summed E-state index contributed by atoms with van der Waals surface area (Å²) in [5.74, 6) is 0.